The zero-order valence-electron chi connectivity index (χ0n) is 11.3. The number of aryl methyl sites for hydroxylation is 1. The summed E-state index contributed by atoms with van der Waals surface area (Å²) in [5.41, 5.74) is 7.31. The molecular weight excluding hydrogens is 322 g/mol. The van der Waals surface area contributed by atoms with Gasteiger partial charge in [0.15, 0.2) is 0 Å². The predicted molar refractivity (Wildman–Crippen MR) is 80.9 cm³/mol. The van der Waals surface area contributed by atoms with Crippen LogP contribution in [0.4, 0.5) is 0 Å². The van der Waals surface area contributed by atoms with Crippen molar-refractivity contribution in [3.05, 3.63) is 33.8 Å². The fourth-order valence-corrected chi connectivity index (χ4v) is 2.97. The Hall–Kier alpha value is -1.56. The molecule has 1 fully saturated rings. The molecule has 0 unspecified atom stereocenters. The second-order valence-corrected chi connectivity index (χ2v) is 5.97. The highest BCUT2D eigenvalue weighted by Gasteiger charge is 2.26. The third kappa shape index (κ3) is 3.12. The predicted octanol–water partition coefficient (Wildman–Crippen LogP) is 2.36. The Kier molecular flexibility index (Phi) is 4.65. The van der Waals surface area contributed by atoms with Gasteiger partial charge in [-0.15, -0.1) is 0 Å². The van der Waals surface area contributed by atoms with Crippen LogP contribution in [0.3, 0.4) is 0 Å². The molecule has 5 nitrogen and oxygen atoms in total. The molecule has 0 saturated carbocycles. The van der Waals surface area contributed by atoms with Gasteiger partial charge in [0.2, 0.25) is 0 Å². The van der Waals surface area contributed by atoms with Crippen molar-refractivity contribution in [2.45, 2.75) is 19.8 Å². The number of amidine groups is 1. The number of piperidine rings is 1. The van der Waals surface area contributed by atoms with Crippen LogP contribution in [-0.4, -0.2) is 34.9 Å². The minimum absolute atomic E-state index is 0.0490. The van der Waals surface area contributed by atoms with Gasteiger partial charge in [0.05, 0.1) is 0 Å². The molecule has 0 aromatic heterocycles. The Morgan fingerprint density at radius 1 is 1.45 bits per heavy atom. The maximum absolute atomic E-state index is 12.5. The highest BCUT2D eigenvalue weighted by Crippen LogP contribution is 2.22. The number of hydrogen-bond acceptors (Lipinski definition) is 3. The fraction of sp³-hybridized carbons (Fsp3) is 0.429. The minimum Gasteiger partial charge on any atom is -0.409 e. The van der Waals surface area contributed by atoms with E-state index >= 15 is 0 Å². The van der Waals surface area contributed by atoms with E-state index in [0.717, 1.165) is 28.4 Å². The van der Waals surface area contributed by atoms with Crippen LogP contribution in [0.2, 0.25) is 0 Å². The fourth-order valence-electron chi connectivity index (χ4n) is 2.50. The molecule has 20 heavy (non-hydrogen) atoms. The second-order valence-electron chi connectivity index (χ2n) is 5.05. The Balaban J connectivity index is 2.05. The largest absolute Gasteiger partial charge is 0.409 e. The molecule has 3 N–H and O–H groups in total. The summed E-state index contributed by atoms with van der Waals surface area (Å²) in [6.45, 7) is 3.20. The molecule has 0 atom stereocenters. The van der Waals surface area contributed by atoms with Gasteiger partial charge in [-0.3, -0.25) is 4.79 Å². The van der Waals surface area contributed by atoms with E-state index in [4.69, 9.17) is 10.9 Å². The van der Waals surface area contributed by atoms with Crippen LogP contribution in [-0.2, 0) is 0 Å². The molecule has 1 aromatic carbocycles. The van der Waals surface area contributed by atoms with Crippen LogP contribution in [0.1, 0.15) is 28.8 Å². The first kappa shape index (κ1) is 14.8. The van der Waals surface area contributed by atoms with E-state index in [0.29, 0.717) is 13.1 Å². The molecule has 1 heterocycles. The molecule has 1 aliphatic rings. The maximum Gasteiger partial charge on any atom is 0.254 e. The number of benzene rings is 1. The summed E-state index contributed by atoms with van der Waals surface area (Å²) in [4.78, 5) is 14.3. The van der Waals surface area contributed by atoms with E-state index in [1.807, 2.05) is 30.0 Å². The number of carbonyl (C=O) groups is 1. The number of amides is 1. The van der Waals surface area contributed by atoms with Crippen LogP contribution < -0.4 is 5.73 Å². The number of oxime groups is 1. The SMILES string of the molecule is Cc1cc(Br)ccc1C(=O)N1CCC(C(N)=NO)CC1. The van der Waals surface area contributed by atoms with Gasteiger partial charge in [0, 0.05) is 29.0 Å². The average Bonchev–Trinajstić information content (AvgIpc) is 2.46. The van der Waals surface area contributed by atoms with Gasteiger partial charge in [0.25, 0.3) is 5.91 Å². The molecule has 2 rings (SSSR count). The van der Waals surface area contributed by atoms with Crippen LogP contribution in [0, 0.1) is 12.8 Å². The molecule has 0 radical (unpaired) electrons. The van der Waals surface area contributed by atoms with Crippen molar-refractivity contribution in [1.29, 1.82) is 0 Å². The monoisotopic (exact) mass is 339 g/mol. The van der Waals surface area contributed by atoms with Gasteiger partial charge < -0.3 is 15.8 Å². The molecule has 1 aliphatic heterocycles. The summed E-state index contributed by atoms with van der Waals surface area (Å²) in [5, 5.41) is 11.7. The van der Waals surface area contributed by atoms with Crippen LogP contribution in [0.15, 0.2) is 27.8 Å². The van der Waals surface area contributed by atoms with Gasteiger partial charge in [-0.25, -0.2) is 0 Å². The highest BCUT2D eigenvalue weighted by atomic mass is 79.9. The van der Waals surface area contributed by atoms with Crippen molar-refractivity contribution < 1.29 is 10.0 Å². The number of nitrogens with two attached hydrogens (primary N) is 1. The second kappa shape index (κ2) is 6.26. The smallest absolute Gasteiger partial charge is 0.254 e. The molecular formula is C14H18BrN3O2. The molecule has 0 bridgehead atoms. The third-order valence-electron chi connectivity index (χ3n) is 3.73. The molecule has 6 heteroatoms. The Bertz CT molecular complexity index is 537. The van der Waals surface area contributed by atoms with Crippen molar-refractivity contribution in [3.8, 4) is 0 Å². The van der Waals surface area contributed by atoms with E-state index < -0.39 is 0 Å². The summed E-state index contributed by atoms with van der Waals surface area (Å²) < 4.78 is 0.970. The van der Waals surface area contributed by atoms with Crippen LogP contribution >= 0.6 is 15.9 Å². The Morgan fingerprint density at radius 3 is 2.65 bits per heavy atom. The maximum atomic E-state index is 12.5. The van der Waals surface area contributed by atoms with E-state index in [1.54, 1.807) is 0 Å². The first-order chi connectivity index (χ1) is 9.52. The van der Waals surface area contributed by atoms with Crippen molar-refractivity contribution in [1.82, 2.24) is 4.90 Å². The van der Waals surface area contributed by atoms with Gasteiger partial charge in [-0.05, 0) is 43.5 Å². The van der Waals surface area contributed by atoms with E-state index in [9.17, 15) is 4.79 Å². The number of likely N-dealkylation sites (tertiary alicyclic amines) is 1. The van der Waals surface area contributed by atoms with Crippen molar-refractivity contribution in [3.63, 3.8) is 0 Å². The third-order valence-corrected chi connectivity index (χ3v) is 4.23. The van der Waals surface area contributed by atoms with Gasteiger partial charge in [0.1, 0.15) is 5.84 Å². The zero-order valence-corrected chi connectivity index (χ0v) is 12.9. The van der Waals surface area contributed by atoms with Gasteiger partial charge in [-0.1, -0.05) is 21.1 Å². The molecule has 1 saturated heterocycles. The molecule has 0 aliphatic carbocycles. The zero-order chi connectivity index (χ0) is 14.7. The Labute approximate surface area is 126 Å². The summed E-state index contributed by atoms with van der Waals surface area (Å²) in [6, 6.07) is 5.66. The number of hydrogen-bond donors (Lipinski definition) is 2. The first-order valence-corrected chi connectivity index (χ1v) is 7.35. The van der Waals surface area contributed by atoms with E-state index in [1.165, 1.54) is 0 Å². The number of nitrogens with zero attached hydrogens (tertiary/aromatic N) is 2. The Morgan fingerprint density at radius 2 is 2.10 bits per heavy atom. The summed E-state index contributed by atoms with van der Waals surface area (Å²) in [5.74, 6) is 0.375. The standard InChI is InChI=1S/C14H18BrN3O2/c1-9-8-11(15)2-3-12(9)14(19)18-6-4-10(5-7-18)13(16)17-20/h2-3,8,10,20H,4-7H2,1H3,(H2,16,17). The normalized spacial score (nSPS) is 17.3. The highest BCUT2D eigenvalue weighted by molar-refractivity contribution is 9.10. The van der Waals surface area contributed by atoms with Crippen LogP contribution in [0.25, 0.3) is 0 Å². The summed E-state index contributed by atoms with van der Waals surface area (Å²) in [6.07, 6.45) is 1.47. The molecule has 1 amide bonds. The lowest BCUT2D eigenvalue weighted by atomic mass is 9.95. The molecule has 108 valence electrons. The van der Waals surface area contributed by atoms with Gasteiger partial charge in [-0.2, -0.15) is 0 Å². The van der Waals surface area contributed by atoms with Crippen molar-refractivity contribution in [2.75, 3.05) is 13.1 Å². The lowest BCUT2D eigenvalue weighted by Gasteiger charge is -2.31. The van der Waals surface area contributed by atoms with E-state index in [2.05, 4.69) is 21.1 Å². The van der Waals surface area contributed by atoms with E-state index in [-0.39, 0.29) is 17.7 Å². The number of carbonyl (C=O) groups excluding carboxylic acids is 1. The first-order valence-electron chi connectivity index (χ1n) is 6.55. The van der Waals surface area contributed by atoms with Crippen molar-refractivity contribution in [2.24, 2.45) is 16.8 Å². The molecule has 0 spiro atoms. The number of halogens is 1. The van der Waals surface area contributed by atoms with Crippen LogP contribution in [0.5, 0.6) is 0 Å². The van der Waals surface area contributed by atoms with Gasteiger partial charge >= 0.3 is 0 Å². The lowest BCUT2D eigenvalue weighted by molar-refractivity contribution is 0.0708. The topological polar surface area (TPSA) is 78.9 Å². The molecule has 1 aromatic rings. The summed E-state index contributed by atoms with van der Waals surface area (Å²) >= 11 is 3.40. The average molecular weight is 340 g/mol. The van der Waals surface area contributed by atoms with Crippen molar-refractivity contribution >= 4 is 27.7 Å². The summed E-state index contributed by atoms with van der Waals surface area (Å²) in [7, 11) is 0. The minimum atomic E-state index is 0.0490. The quantitative estimate of drug-likeness (QED) is 0.375. The lowest BCUT2D eigenvalue weighted by Crippen LogP contribution is -2.42. The number of rotatable bonds is 2.